The normalized spacial score (nSPS) is 20.5. The summed E-state index contributed by atoms with van der Waals surface area (Å²) in [4.78, 5) is 34.3. The number of piperidine rings is 1. The first kappa shape index (κ1) is 26.5. The van der Waals surface area contributed by atoms with Crippen molar-refractivity contribution < 1.29 is 9.59 Å². The maximum absolute atomic E-state index is 14.0. The number of para-hydroxylation sites is 1. The molecule has 41 heavy (non-hydrogen) atoms. The number of carbonyl (C=O) groups is 2. The van der Waals surface area contributed by atoms with E-state index in [2.05, 4.69) is 27.7 Å². The lowest BCUT2D eigenvalue weighted by atomic mass is 9.84. The number of hydrogen-bond acceptors (Lipinski definition) is 3. The van der Waals surface area contributed by atoms with Crippen molar-refractivity contribution in [3.8, 4) is 0 Å². The highest BCUT2D eigenvalue weighted by molar-refractivity contribution is 6.06. The van der Waals surface area contributed by atoms with Crippen LogP contribution in [0.15, 0.2) is 60.7 Å². The van der Waals surface area contributed by atoms with Crippen LogP contribution in [0.2, 0.25) is 0 Å². The van der Waals surface area contributed by atoms with Gasteiger partial charge < -0.3 is 19.3 Å². The van der Waals surface area contributed by atoms with Crippen molar-refractivity contribution in [3.05, 3.63) is 88.7 Å². The molecule has 0 radical (unpaired) electrons. The summed E-state index contributed by atoms with van der Waals surface area (Å²) >= 11 is 0. The van der Waals surface area contributed by atoms with Gasteiger partial charge in [0.2, 0.25) is 0 Å². The molecule has 4 aliphatic rings. The van der Waals surface area contributed by atoms with Gasteiger partial charge >= 0.3 is 0 Å². The van der Waals surface area contributed by atoms with Gasteiger partial charge in [0.15, 0.2) is 0 Å². The molecular weight excluding hydrogens is 508 g/mol. The van der Waals surface area contributed by atoms with E-state index in [1.54, 1.807) is 0 Å². The van der Waals surface area contributed by atoms with E-state index >= 15 is 0 Å². The van der Waals surface area contributed by atoms with Crippen LogP contribution in [0.3, 0.4) is 0 Å². The zero-order valence-corrected chi connectivity index (χ0v) is 24.1. The van der Waals surface area contributed by atoms with Crippen LogP contribution in [0, 0.1) is 0 Å². The number of likely N-dealkylation sites (tertiary alicyclic amines) is 2. The average molecular weight is 551 g/mol. The Morgan fingerprint density at radius 3 is 2.15 bits per heavy atom. The van der Waals surface area contributed by atoms with Crippen LogP contribution in [0.1, 0.15) is 101 Å². The predicted octanol–water partition coefficient (Wildman–Crippen LogP) is 6.44. The van der Waals surface area contributed by atoms with Gasteiger partial charge in [-0.3, -0.25) is 9.59 Å². The number of anilines is 1. The van der Waals surface area contributed by atoms with Crippen molar-refractivity contribution in [2.45, 2.75) is 82.8 Å². The molecule has 4 heterocycles. The average Bonchev–Trinajstić information content (AvgIpc) is 3.68. The number of carbonyl (C=O) groups excluding carboxylic acids is 2. The molecular formula is C35H42N4O2. The summed E-state index contributed by atoms with van der Waals surface area (Å²) in [6.07, 6.45) is 11.2. The standard InChI is InChI=1S/C35H42N4O2/c40-34(28-14-12-27(13-15-28)26-8-2-1-3-9-26)39-25-31-16-17-33(38(31)24-29-10-4-5-11-32(29)39)35(41)37-22-18-30(19-23-37)36-20-6-7-21-36/h4-5,10-17,26,30H,1-3,6-9,18-25H2. The van der Waals surface area contributed by atoms with Gasteiger partial charge in [-0.15, -0.1) is 0 Å². The number of rotatable bonds is 4. The smallest absolute Gasteiger partial charge is 0.270 e. The molecule has 3 aliphatic heterocycles. The van der Waals surface area contributed by atoms with E-state index < -0.39 is 0 Å². The predicted molar refractivity (Wildman–Crippen MR) is 162 cm³/mol. The van der Waals surface area contributed by atoms with E-state index in [9.17, 15) is 9.59 Å². The topological polar surface area (TPSA) is 48.8 Å². The van der Waals surface area contributed by atoms with Crippen molar-refractivity contribution in [2.75, 3.05) is 31.1 Å². The first-order chi connectivity index (χ1) is 20.2. The Morgan fingerprint density at radius 1 is 0.659 bits per heavy atom. The number of fused-ring (bicyclic) bond motifs is 2. The SMILES string of the molecule is O=C(c1ccc2n1Cc1ccccc1N(C(=O)c1ccc(C3CCCCC3)cc1)C2)N1CCC(N2CCCC2)CC1. The van der Waals surface area contributed by atoms with Gasteiger partial charge in [0.1, 0.15) is 5.69 Å². The van der Waals surface area contributed by atoms with Gasteiger partial charge in [-0.2, -0.15) is 0 Å². The second-order valence-corrected chi connectivity index (χ2v) is 12.5. The molecule has 1 aromatic heterocycles. The molecule has 0 atom stereocenters. The van der Waals surface area contributed by atoms with Crippen LogP contribution >= 0.6 is 0 Å². The van der Waals surface area contributed by atoms with Gasteiger partial charge in [0.05, 0.1) is 13.1 Å². The van der Waals surface area contributed by atoms with Crippen LogP contribution in [-0.4, -0.2) is 58.4 Å². The number of nitrogens with zero attached hydrogens (tertiary/aromatic N) is 4. The minimum atomic E-state index is 0.0131. The molecule has 2 amide bonds. The number of amides is 2. The molecule has 7 rings (SSSR count). The summed E-state index contributed by atoms with van der Waals surface area (Å²) in [6, 6.07) is 21.2. The molecule has 0 N–H and O–H groups in total. The van der Waals surface area contributed by atoms with Crippen LogP contribution in [0.25, 0.3) is 0 Å². The molecule has 0 unspecified atom stereocenters. The Labute approximate surface area is 243 Å². The number of aromatic nitrogens is 1. The Morgan fingerprint density at radius 2 is 1.39 bits per heavy atom. The summed E-state index contributed by atoms with van der Waals surface area (Å²) in [7, 11) is 0. The molecule has 2 saturated heterocycles. The Hall–Kier alpha value is -3.38. The van der Waals surface area contributed by atoms with E-state index in [0.717, 1.165) is 54.1 Å². The quantitative estimate of drug-likeness (QED) is 0.375. The lowest BCUT2D eigenvalue weighted by molar-refractivity contribution is 0.0634. The second-order valence-electron chi connectivity index (χ2n) is 12.5. The maximum atomic E-state index is 14.0. The molecule has 214 valence electrons. The number of hydrogen-bond donors (Lipinski definition) is 0. The summed E-state index contributed by atoms with van der Waals surface area (Å²) in [5.74, 6) is 0.753. The van der Waals surface area contributed by atoms with Crippen molar-refractivity contribution in [1.82, 2.24) is 14.4 Å². The number of benzene rings is 2. The molecule has 2 aromatic carbocycles. The summed E-state index contributed by atoms with van der Waals surface area (Å²) in [5.41, 5.74) is 5.82. The summed E-state index contributed by atoms with van der Waals surface area (Å²) < 4.78 is 2.15. The molecule has 6 heteroatoms. The Kier molecular flexibility index (Phi) is 7.42. The fraction of sp³-hybridized carbons (Fsp3) is 0.486. The van der Waals surface area contributed by atoms with E-state index in [4.69, 9.17) is 0 Å². The van der Waals surface area contributed by atoms with Crippen molar-refractivity contribution in [1.29, 1.82) is 0 Å². The van der Waals surface area contributed by atoms with Crippen molar-refractivity contribution in [2.24, 2.45) is 0 Å². The van der Waals surface area contributed by atoms with Crippen LogP contribution in [-0.2, 0) is 13.1 Å². The molecule has 1 saturated carbocycles. The van der Waals surface area contributed by atoms with Gasteiger partial charge in [0, 0.05) is 36.1 Å². The van der Waals surface area contributed by atoms with Crippen LogP contribution < -0.4 is 4.90 Å². The Balaban J connectivity index is 1.11. The van der Waals surface area contributed by atoms with Gasteiger partial charge in [-0.05, 0) is 99.0 Å². The molecule has 3 fully saturated rings. The third kappa shape index (κ3) is 5.23. The van der Waals surface area contributed by atoms with Crippen molar-refractivity contribution >= 4 is 17.5 Å². The van der Waals surface area contributed by atoms with Crippen molar-refractivity contribution in [3.63, 3.8) is 0 Å². The first-order valence-corrected chi connectivity index (χ1v) is 15.9. The lowest BCUT2D eigenvalue weighted by Crippen LogP contribution is -2.46. The van der Waals surface area contributed by atoms with E-state index in [-0.39, 0.29) is 11.8 Å². The third-order valence-corrected chi connectivity index (χ3v) is 10.1. The van der Waals surface area contributed by atoms with E-state index in [1.165, 1.54) is 63.6 Å². The summed E-state index contributed by atoms with van der Waals surface area (Å²) in [5, 5.41) is 0. The highest BCUT2D eigenvalue weighted by atomic mass is 16.2. The molecule has 0 bridgehead atoms. The first-order valence-electron chi connectivity index (χ1n) is 15.9. The lowest BCUT2D eigenvalue weighted by Gasteiger charge is -2.36. The van der Waals surface area contributed by atoms with Crippen LogP contribution in [0.5, 0.6) is 0 Å². The Bertz CT molecular complexity index is 1390. The second kappa shape index (κ2) is 11.5. The van der Waals surface area contributed by atoms with Gasteiger partial charge in [-0.25, -0.2) is 0 Å². The zero-order chi connectivity index (χ0) is 27.8. The van der Waals surface area contributed by atoms with E-state index in [1.807, 2.05) is 52.3 Å². The monoisotopic (exact) mass is 550 g/mol. The van der Waals surface area contributed by atoms with Gasteiger partial charge in [0.25, 0.3) is 11.8 Å². The maximum Gasteiger partial charge on any atom is 0.270 e. The highest BCUT2D eigenvalue weighted by Crippen LogP contribution is 2.34. The van der Waals surface area contributed by atoms with E-state index in [0.29, 0.717) is 25.0 Å². The molecule has 1 aliphatic carbocycles. The fourth-order valence-corrected chi connectivity index (χ4v) is 7.72. The highest BCUT2D eigenvalue weighted by Gasteiger charge is 2.32. The fourth-order valence-electron chi connectivity index (χ4n) is 7.72. The minimum absolute atomic E-state index is 0.0131. The molecule has 0 spiro atoms. The molecule has 6 nitrogen and oxygen atoms in total. The zero-order valence-electron chi connectivity index (χ0n) is 24.1. The van der Waals surface area contributed by atoms with Gasteiger partial charge in [-0.1, -0.05) is 49.6 Å². The molecule has 3 aromatic rings. The summed E-state index contributed by atoms with van der Waals surface area (Å²) in [6.45, 7) is 5.10. The van der Waals surface area contributed by atoms with Crippen LogP contribution in [0.4, 0.5) is 5.69 Å². The third-order valence-electron chi connectivity index (χ3n) is 10.1. The largest absolute Gasteiger partial charge is 0.337 e. The minimum Gasteiger partial charge on any atom is -0.337 e.